The topological polar surface area (TPSA) is 126 Å². The van der Waals surface area contributed by atoms with Gasteiger partial charge in [0.2, 0.25) is 11.8 Å². The number of aromatic nitrogens is 1. The molecule has 9 nitrogen and oxygen atoms in total. The van der Waals surface area contributed by atoms with Gasteiger partial charge in [0.25, 0.3) is 5.69 Å². The van der Waals surface area contributed by atoms with Gasteiger partial charge in [0.1, 0.15) is 11.4 Å². The number of carbonyl (C=O) groups is 2. The zero-order valence-electron chi connectivity index (χ0n) is 26.8. The van der Waals surface area contributed by atoms with Crippen molar-refractivity contribution in [3.63, 3.8) is 0 Å². The molecule has 2 amide bonds. The lowest BCUT2D eigenvalue weighted by Gasteiger charge is -2.30. The fourth-order valence-corrected chi connectivity index (χ4v) is 6.36. The Morgan fingerprint density at radius 1 is 1.00 bits per heavy atom. The third-order valence-electron chi connectivity index (χ3n) is 8.14. The fraction of sp³-hybridized carbons (Fsp3) is 0.441. The van der Waals surface area contributed by atoms with Gasteiger partial charge in [0.05, 0.1) is 15.6 Å². The van der Waals surface area contributed by atoms with Crippen LogP contribution in [0.15, 0.2) is 41.8 Å². The molecule has 10 heteroatoms. The molecule has 2 aromatic carbocycles. The van der Waals surface area contributed by atoms with Crippen LogP contribution in [-0.2, 0) is 20.4 Å². The minimum atomic E-state index is -0.603. The van der Waals surface area contributed by atoms with Crippen molar-refractivity contribution >= 4 is 34.5 Å². The number of likely N-dealkylation sites (tertiary alicyclic amines) is 1. The average molecular weight is 619 g/mol. The predicted molar refractivity (Wildman–Crippen MR) is 176 cm³/mol. The van der Waals surface area contributed by atoms with Crippen LogP contribution in [0.5, 0.6) is 5.75 Å². The Hall–Kier alpha value is -4.05. The van der Waals surface area contributed by atoms with E-state index in [2.05, 4.69) is 52.2 Å². The summed E-state index contributed by atoms with van der Waals surface area (Å²) in [6, 6.07) is 7.08. The Bertz CT molecular complexity index is 1580. The van der Waals surface area contributed by atoms with E-state index >= 15 is 0 Å². The molecule has 0 atom stereocenters. The molecule has 0 radical (unpaired) electrons. The lowest BCUT2D eigenvalue weighted by Crippen LogP contribution is -2.37. The Morgan fingerprint density at radius 2 is 1.57 bits per heavy atom. The van der Waals surface area contributed by atoms with E-state index in [1.165, 1.54) is 12.1 Å². The molecule has 3 aromatic rings. The van der Waals surface area contributed by atoms with E-state index in [0.717, 1.165) is 57.4 Å². The molecule has 0 unspecified atom stereocenters. The second kappa shape index (κ2) is 12.5. The van der Waals surface area contributed by atoms with Gasteiger partial charge in [-0.1, -0.05) is 41.5 Å². The molecule has 0 saturated carbocycles. The number of thiazole rings is 1. The van der Waals surface area contributed by atoms with E-state index in [1.807, 2.05) is 19.1 Å². The van der Waals surface area contributed by atoms with E-state index in [4.69, 9.17) is 4.98 Å². The molecule has 4 rings (SSSR count). The first-order chi connectivity index (χ1) is 20.5. The van der Waals surface area contributed by atoms with Crippen molar-refractivity contribution in [1.82, 2.24) is 9.88 Å². The number of hydrogen-bond donors (Lipinski definition) is 2. The normalized spacial score (nSPS) is 14.7. The summed E-state index contributed by atoms with van der Waals surface area (Å²) in [4.78, 5) is 42.9. The zero-order valence-corrected chi connectivity index (χ0v) is 27.6. The summed E-state index contributed by atoms with van der Waals surface area (Å²) in [5, 5.41) is 28.1. The van der Waals surface area contributed by atoms with Gasteiger partial charge < -0.3 is 15.3 Å². The first-order valence-corrected chi connectivity index (χ1v) is 15.7. The molecule has 2 N–H and O–H groups in total. The number of rotatable bonds is 6. The number of phenolic OH excluding ortho intramolecular Hbond substituents is 1. The van der Waals surface area contributed by atoms with Crippen LogP contribution in [0.4, 0.5) is 11.4 Å². The van der Waals surface area contributed by atoms with Crippen LogP contribution in [0, 0.1) is 24.0 Å². The Kier molecular flexibility index (Phi) is 9.35. The van der Waals surface area contributed by atoms with Crippen LogP contribution < -0.4 is 5.32 Å². The first-order valence-electron chi connectivity index (χ1n) is 14.8. The summed E-state index contributed by atoms with van der Waals surface area (Å²) in [5.74, 6) is -0.314. The lowest BCUT2D eigenvalue weighted by molar-refractivity contribution is -0.384. The molecule has 234 valence electrons. The van der Waals surface area contributed by atoms with E-state index in [9.17, 15) is 24.8 Å². The van der Waals surface area contributed by atoms with E-state index < -0.39 is 10.8 Å². The summed E-state index contributed by atoms with van der Waals surface area (Å²) in [7, 11) is 0. The van der Waals surface area contributed by atoms with Crippen molar-refractivity contribution < 1.29 is 19.6 Å². The molecule has 2 heterocycles. The number of nitro groups is 1. The number of benzene rings is 2. The predicted octanol–water partition coefficient (Wildman–Crippen LogP) is 7.54. The Labute approximate surface area is 263 Å². The number of hydrogen-bond acceptors (Lipinski definition) is 7. The molecule has 1 fully saturated rings. The van der Waals surface area contributed by atoms with Gasteiger partial charge in [0, 0.05) is 59.3 Å². The quantitative estimate of drug-likeness (QED) is 0.167. The number of nitrogens with zero attached hydrogens (tertiary/aromatic N) is 3. The molecule has 1 aliphatic heterocycles. The summed E-state index contributed by atoms with van der Waals surface area (Å²) < 4.78 is 0. The lowest BCUT2D eigenvalue weighted by atomic mass is 9.78. The standard InChI is InChI=1S/C34H42N4O5S/c1-20-15-26(28(38(42)43)16-21(20)2)35-29(39)9-10-30(40)37-13-11-22(12-14-37)32-36-27(19-44-32)23-17-24(33(3,4)5)31(41)25(18-23)34(6,7)8/h9-10,15-19,22,41H,11-14H2,1-8H3,(H,35,39)/b10-9+. The van der Waals surface area contributed by atoms with Gasteiger partial charge in [0.15, 0.2) is 0 Å². The van der Waals surface area contributed by atoms with Crippen LogP contribution in [0.3, 0.4) is 0 Å². The van der Waals surface area contributed by atoms with Crippen LogP contribution in [-0.4, -0.2) is 44.8 Å². The maximum Gasteiger partial charge on any atom is 0.293 e. The van der Waals surface area contributed by atoms with Crippen molar-refractivity contribution in [1.29, 1.82) is 0 Å². The number of nitrogens with one attached hydrogen (secondary N) is 1. The van der Waals surface area contributed by atoms with Crippen LogP contribution in [0.1, 0.15) is 87.6 Å². The maximum absolute atomic E-state index is 12.8. The largest absolute Gasteiger partial charge is 0.507 e. The molecule has 1 aromatic heterocycles. The van der Waals surface area contributed by atoms with E-state index in [-0.39, 0.29) is 34.0 Å². The monoisotopic (exact) mass is 618 g/mol. The molecular formula is C34H42N4O5S. The number of carbonyl (C=O) groups excluding carboxylic acids is 2. The van der Waals surface area contributed by atoms with Crippen molar-refractivity contribution in [3.05, 3.63) is 79.2 Å². The second-order valence-corrected chi connectivity index (χ2v) is 14.5. The molecular weight excluding hydrogens is 576 g/mol. The van der Waals surface area contributed by atoms with Crippen LogP contribution in [0.2, 0.25) is 0 Å². The first kappa shape index (κ1) is 32.9. The van der Waals surface area contributed by atoms with Gasteiger partial charge in [-0.25, -0.2) is 4.98 Å². The van der Waals surface area contributed by atoms with E-state index in [1.54, 1.807) is 29.2 Å². The van der Waals surface area contributed by atoms with Crippen molar-refractivity contribution in [2.45, 2.75) is 85.0 Å². The molecule has 0 aliphatic carbocycles. The Morgan fingerprint density at radius 3 is 2.11 bits per heavy atom. The minimum Gasteiger partial charge on any atom is -0.507 e. The van der Waals surface area contributed by atoms with E-state index in [0.29, 0.717) is 18.8 Å². The number of piperidine rings is 1. The van der Waals surface area contributed by atoms with Crippen molar-refractivity contribution in [3.8, 4) is 17.0 Å². The van der Waals surface area contributed by atoms with Crippen molar-refractivity contribution in [2.75, 3.05) is 18.4 Å². The molecule has 0 bridgehead atoms. The molecule has 1 aliphatic rings. The fourth-order valence-electron chi connectivity index (χ4n) is 5.36. The number of aryl methyl sites for hydroxylation is 2. The van der Waals surface area contributed by atoms with Crippen LogP contribution in [0.25, 0.3) is 11.3 Å². The minimum absolute atomic E-state index is 0.0976. The van der Waals surface area contributed by atoms with Crippen molar-refractivity contribution in [2.24, 2.45) is 0 Å². The van der Waals surface area contributed by atoms with Gasteiger partial charge >= 0.3 is 0 Å². The average Bonchev–Trinajstić information content (AvgIpc) is 3.43. The summed E-state index contributed by atoms with van der Waals surface area (Å²) >= 11 is 1.62. The summed E-state index contributed by atoms with van der Waals surface area (Å²) in [6.07, 6.45) is 3.84. The van der Waals surface area contributed by atoms with Gasteiger partial charge in [-0.3, -0.25) is 19.7 Å². The molecule has 44 heavy (non-hydrogen) atoms. The van der Waals surface area contributed by atoms with Gasteiger partial charge in [-0.15, -0.1) is 11.3 Å². The number of amides is 2. The summed E-state index contributed by atoms with van der Waals surface area (Å²) in [5.41, 5.74) is 4.68. The SMILES string of the molecule is Cc1cc(NC(=O)/C=C/C(=O)N2CCC(c3nc(-c4cc(C(C)(C)C)c(O)c(C(C)(C)C)c4)cs3)CC2)c([N+](=O)[O-])cc1C. The zero-order chi connectivity index (χ0) is 32.6. The third kappa shape index (κ3) is 7.35. The Balaban J connectivity index is 1.41. The number of aromatic hydroxyl groups is 1. The van der Waals surface area contributed by atoms with Gasteiger partial charge in [-0.2, -0.15) is 0 Å². The maximum atomic E-state index is 12.8. The highest BCUT2D eigenvalue weighted by Crippen LogP contribution is 2.42. The molecule has 0 spiro atoms. The number of anilines is 1. The number of nitro benzene ring substituents is 1. The third-order valence-corrected chi connectivity index (χ3v) is 9.15. The van der Waals surface area contributed by atoms with Crippen LogP contribution >= 0.6 is 11.3 Å². The highest BCUT2D eigenvalue weighted by molar-refractivity contribution is 7.10. The smallest absolute Gasteiger partial charge is 0.293 e. The highest BCUT2D eigenvalue weighted by Gasteiger charge is 2.29. The number of phenols is 1. The van der Waals surface area contributed by atoms with Gasteiger partial charge in [-0.05, 0) is 66.8 Å². The summed E-state index contributed by atoms with van der Waals surface area (Å²) in [6.45, 7) is 17.2. The second-order valence-electron chi connectivity index (χ2n) is 13.6. The highest BCUT2D eigenvalue weighted by atomic mass is 32.1. The molecule has 1 saturated heterocycles.